The Bertz CT molecular complexity index is 1840. The maximum absolute atomic E-state index is 13.6. The fourth-order valence-electron chi connectivity index (χ4n) is 4.05. The standard InChI is InChI=1S/C26H21FN4O3S/c1-16-5-11-20(12-6-16)35(33,34)22-14-21-25(29-24-17(2)4-3-13-30(24)26(21)32)31(23(22)28)15-18-7-9-19(27)10-8-18/h3-14,28H,15H2,1-2H3. The molecule has 0 aliphatic heterocycles. The van der Waals surface area contributed by atoms with Gasteiger partial charge < -0.3 is 4.57 Å². The molecule has 1 N–H and O–H groups in total. The summed E-state index contributed by atoms with van der Waals surface area (Å²) in [5.74, 6) is -0.414. The lowest BCUT2D eigenvalue weighted by atomic mass is 10.2. The van der Waals surface area contributed by atoms with E-state index < -0.39 is 21.2 Å². The fourth-order valence-corrected chi connectivity index (χ4v) is 5.43. The first-order valence-corrected chi connectivity index (χ1v) is 12.3. The number of aryl methyl sites for hydroxylation is 2. The number of pyridine rings is 2. The molecule has 0 saturated carbocycles. The topological polar surface area (TPSA) is 97.3 Å². The predicted octanol–water partition coefficient (Wildman–Crippen LogP) is 3.77. The lowest BCUT2D eigenvalue weighted by molar-refractivity contribution is 0.591. The maximum Gasteiger partial charge on any atom is 0.267 e. The molecule has 0 saturated heterocycles. The number of nitrogens with one attached hydrogen (secondary N) is 1. The Morgan fingerprint density at radius 2 is 1.66 bits per heavy atom. The molecule has 0 atom stereocenters. The molecule has 0 aliphatic carbocycles. The van der Waals surface area contributed by atoms with Crippen molar-refractivity contribution < 1.29 is 12.8 Å². The number of halogens is 1. The van der Waals surface area contributed by atoms with Gasteiger partial charge in [0.25, 0.3) is 5.56 Å². The average molecular weight is 489 g/mol. The summed E-state index contributed by atoms with van der Waals surface area (Å²) < 4.78 is 43.4. The molecule has 0 unspecified atom stereocenters. The fraction of sp³-hybridized carbons (Fsp3) is 0.115. The molecular formula is C26H21FN4O3S. The van der Waals surface area contributed by atoms with Crippen LogP contribution in [-0.4, -0.2) is 22.4 Å². The third-order valence-corrected chi connectivity index (χ3v) is 7.76. The summed E-state index contributed by atoms with van der Waals surface area (Å²) in [4.78, 5) is 17.8. The SMILES string of the molecule is Cc1ccc(S(=O)(=O)c2cc3c(=O)n4cccc(C)c4nc3n(Cc3ccc(F)cc3)c2=N)cc1. The van der Waals surface area contributed by atoms with Crippen LogP contribution in [-0.2, 0) is 16.4 Å². The maximum atomic E-state index is 13.6. The van der Waals surface area contributed by atoms with Crippen LogP contribution in [0, 0.1) is 25.1 Å². The minimum atomic E-state index is -4.12. The van der Waals surface area contributed by atoms with Crippen LogP contribution >= 0.6 is 0 Å². The zero-order valence-corrected chi connectivity index (χ0v) is 19.8. The minimum absolute atomic E-state index is 0.0222. The van der Waals surface area contributed by atoms with Gasteiger partial charge in [0, 0.05) is 6.20 Å². The monoisotopic (exact) mass is 488 g/mol. The van der Waals surface area contributed by atoms with Gasteiger partial charge in [-0.05, 0) is 61.4 Å². The number of aromatic nitrogens is 3. The van der Waals surface area contributed by atoms with E-state index in [-0.39, 0.29) is 32.9 Å². The third-order valence-electron chi connectivity index (χ3n) is 5.97. The van der Waals surface area contributed by atoms with Crippen LogP contribution in [0.25, 0.3) is 16.7 Å². The van der Waals surface area contributed by atoms with E-state index in [2.05, 4.69) is 4.98 Å². The van der Waals surface area contributed by atoms with Crippen LogP contribution < -0.4 is 11.0 Å². The first-order chi connectivity index (χ1) is 16.7. The molecule has 0 radical (unpaired) electrons. The summed E-state index contributed by atoms with van der Waals surface area (Å²) in [5.41, 5.74) is 2.11. The number of rotatable bonds is 4. The van der Waals surface area contributed by atoms with Gasteiger partial charge in [-0.15, -0.1) is 0 Å². The van der Waals surface area contributed by atoms with Crippen molar-refractivity contribution in [3.05, 3.63) is 111 Å². The van der Waals surface area contributed by atoms with E-state index in [9.17, 15) is 17.6 Å². The molecule has 5 aromatic rings. The molecule has 0 spiro atoms. The molecule has 3 aromatic heterocycles. The average Bonchev–Trinajstić information content (AvgIpc) is 2.83. The molecular weight excluding hydrogens is 467 g/mol. The first-order valence-electron chi connectivity index (χ1n) is 10.8. The number of benzene rings is 2. The van der Waals surface area contributed by atoms with Gasteiger partial charge in [0.15, 0.2) is 0 Å². The summed E-state index contributed by atoms with van der Waals surface area (Å²) in [6.45, 7) is 3.69. The van der Waals surface area contributed by atoms with E-state index in [1.54, 1.807) is 36.5 Å². The van der Waals surface area contributed by atoms with Crippen LogP contribution in [0.1, 0.15) is 16.7 Å². The summed E-state index contributed by atoms with van der Waals surface area (Å²) in [5, 5.41) is 8.93. The number of fused-ring (bicyclic) bond motifs is 2. The Hall–Kier alpha value is -4.11. The van der Waals surface area contributed by atoms with E-state index in [0.29, 0.717) is 11.2 Å². The van der Waals surface area contributed by atoms with Crippen molar-refractivity contribution in [1.82, 2.24) is 14.0 Å². The van der Waals surface area contributed by atoms with E-state index in [1.807, 2.05) is 19.9 Å². The van der Waals surface area contributed by atoms with Gasteiger partial charge in [-0.3, -0.25) is 14.6 Å². The first kappa shape index (κ1) is 22.7. The van der Waals surface area contributed by atoms with Gasteiger partial charge in [0.05, 0.1) is 16.8 Å². The van der Waals surface area contributed by atoms with Gasteiger partial charge in [0.1, 0.15) is 27.5 Å². The smallest absolute Gasteiger partial charge is 0.267 e. The van der Waals surface area contributed by atoms with Crippen LogP contribution in [0.2, 0.25) is 0 Å². The molecule has 35 heavy (non-hydrogen) atoms. The summed E-state index contributed by atoms with van der Waals surface area (Å²) in [6, 6.07) is 16.8. The summed E-state index contributed by atoms with van der Waals surface area (Å²) >= 11 is 0. The molecule has 0 amide bonds. The molecule has 0 bridgehead atoms. The van der Waals surface area contributed by atoms with Gasteiger partial charge in [-0.2, -0.15) is 0 Å². The highest BCUT2D eigenvalue weighted by molar-refractivity contribution is 7.91. The van der Waals surface area contributed by atoms with E-state index in [0.717, 1.165) is 11.1 Å². The van der Waals surface area contributed by atoms with Crippen molar-refractivity contribution in [2.75, 3.05) is 0 Å². The zero-order valence-electron chi connectivity index (χ0n) is 19.0. The van der Waals surface area contributed by atoms with Crippen LogP contribution in [0.3, 0.4) is 0 Å². The van der Waals surface area contributed by atoms with Gasteiger partial charge >= 0.3 is 0 Å². The highest BCUT2D eigenvalue weighted by atomic mass is 32.2. The Kier molecular flexibility index (Phi) is 5.36. The molecule has 2 aromatic carbocycles. The number of hydrogen-bond acceptors (Lipinski definition) is 5. The second kappa shape index (κ2) is 8.28. The molecule has 9 heteroatoms. The van der Waals surface area contributed by atoms with Crippen molar-refractivity contribution in [2.24, 2.45) is 0 Å². The molecule has 0 aliphatic rings. The van der Waals surface area contributed by atoms with Crippen molar-refractivity contribution in [3.63, 3.8) is 0 Å². The largest absolute Gasteiger partial charge is 0.305 e. The third kappa shape index (κ3) is 3.83. The van der Waals surface area contributed by atoms with E-state index in [4.69, 9.17) is 5.41 Å². The normalized spacial score (nSPS) is 11.9. The quantitative estimate of drug-likeness (QED) is 0.390. The molecule has 7 nitrogen and oxygen atoms in total. The minimum Gasteiger partial charge on any atom is -0.305 e. The molecule has 0 fully saturated rings. The second-order valence-electron chi connectivity index (χ2n) is 8.43. The lowest BCUT2D eigenvalue weighted by Crippen LogP contribution is -2.30. The molecule has 176 valence electrons. The van der Waals surface area contributed by atoms with Crippen LogP contribution in [0.4, 0.5) is 4.39 Å². The molecule has 3 heterocycles. The van der Waals surface area contributed by atoms with E-state index >= 15 is 0 Å². The van der Waals surface area contributed by atoms with Crippen molar-refractivity contribution in [2.45, 2.75) is 30.2 Å². The van der Waals surface area contributed by atoms with Crippen molar-refractivity contribution in [1.29, 1.82) is 5.41 Å². The highest BCUT2D eigenvalue weighted by Crippen LogP contribution is 2.22. The number of sulfone groups is 1. The predicted molar refractivity (Wildman–Crippen MR) is 130 cm³/mol. The Morgan fingerprint density at radius 1 is 0.971 bits per heavy atom. The highest BCUT2D eigenvalue weighted by Gasteiger charge is 2.24. The Labute approximate surface area is 200 Å². The van der Waals surface area contributed by atoms with Crippen molar-refractivity contribution >= 4 is 26.5 Å². The number of nitrogens with zero attached hydrogens (tertiary/aromatic N) is 3. The Balaban J connectivity index is 1.88. The second-order valence-corrected chi connectivity index (χ2v) is 10.3. The van der Waals surface area contributed by atoms with Gasteiger partial charge in [0.2, 0.25) is 9.84 Å². The van der Waals surface area contributed by atoms with Crippen molar-refractivity contribution in [3.8, 4) is 0 Å². The lowest BCUT2D eigenvalue weighted by Gasteiger charge is -2.16. The summed E-state index contributed by atoms with van der Waals surface area (Å²) in [7, 11) is -4.12. The molecule has 5 rings (SSSR count). The van der Waals surface area contributed by atoms with Gasteiger partial charge in [-0.25, -0.2) is 17.8 Å². The Morgan fingerprint density at radius 3 is 2.34 bits per heavy atom. The number of hydrogen-bond donors (Lipinski definition) is 1. The zero-order chi connectivity index (χ0) is 24.9. The summed E-state index contributed by atoms with van der Waals surface area (Å²) in [6.07, 6.45) is 1.57. The van der Waals surface area contributed by atoms with E-state index in [1.165, 1.54) is 39.3 Å². The van der Waals surface area contributed by atoms with Crippen LogP contribution in [0.5, 0.6) is 0 Å². The van der Waals surface area contributed by atoms with Gasteiger partial charge in [-0.1, -0.05) is 35.9 Å². The van der Waals surface area contributed by atoms with Crippen LogP contribution in [0.15, 0.2) is 87.5 Å².